The van der Waals surface area contributed by atoms with Crippen molar-refractivity contribution < 1.29 is 0 Å². The lowest BCUT2D eigenvalue weighted by Crippen LogP contribution is -2.18. The molecule has 1 nitrogen and oxygen atoms in total. The van der Waals surface area contributed by atoms with Crippen molar-refractivity contribution in [3.05, 3.63) is 69.7 Å². The molecule has 2 heteroatoms. The molecule has 1 N–H and O–H groups in total. The van der Waals surface area contributed by atoms with Crippen molar-refractivity contribution in [1.29, 1.82) is 0 Å². The Labute approximate surface area is 136 Å². The van der Waals surface area contributed by atoms with Gasteiger partial charge in [0.1, 0.15) is 0 Å². The second kappa shape index (κ2) is 7.77. The minimum Gasteiger partial charge on any atom is -0.313 e. The Bertz CT molecular complexity index is 545. The summed E-state index contributed by atoms with van der Waals surface area (Å²) in [6, 6.07) is 18.0. The van der Waals surface area contributed by atoms with E-state index in [2.05, 4.69) is 83.6 Å². The minimum absolute atomic E-state index is 0.358. The molecule has 2 aromatic rings. The maximum atomic E-state index is 3.49. The topological polar surface area (TPSA) is 12.0 Å². The zero-order valence-corrected chi connectivity index (χ0v) is 14.7. The largest absolute Gasteiger partial charge is 0.313 e. The highest BCUT2D eigenvalue weighted by molar-refractivity contribution is 9.10. The number of hydrogen-bond donors (Lipinski definition) is 1. The average molecular weight is 346 g/mol. The smallest absolute Gasteiger partial charge is 0.0358 e. The fourth-order valence-electron chi connectivity index (χ4n) is 2.54. The summed E-state index contributed by atoms with van der Waals surface area (Å²) >= 11 is 3.49. The minimum atomic E-state index is 0.358. The van der Waals surface area contributed by atoms with E-state index in [9.17, 15) is 0 Å². The van der Waals surface area contributed by atoms with Crippen LogP contribution < -0.4 is 5.32 Å². The van der Waals surface area contributed by atoms with Crippen molar-refractivity contribution in [2.24, 2.45) is 0 Å². The first kappa shape index (κ1) is 16.3. The van der Waals surface area contributed by atoms with Crippen molar-refractivity contribution in [3.8, 4) is 0 Å². The molecule has 0 saturated carbocycles. The second-order valence-corrected chi connectivity index (χ2v) is 6.56. The number of hydrogen-bond acceptors (Lipinski definition) is 1. The lowest BCUT2D eigenvalue weighted by atomic mass is 9.94. The van der Waals surface area contributed by atoms with Gasteiger partial charge in [-0.1, -0.05) is 66.2 Å². The van der Waals surface area contributed by atoms with Gasteiger partial charge in [-0.3, -0.25) is 0 Å². The maximum absolute atomic E-state index is 3.49. The Balaban J connectivity index is 2.11. The van der Waals surface area contributed by atoms with E-state index in [0.29, 0.717) is 12.0 Å². The van der Waals surface area contributed by atoms with Gasteiger partial charge in [0.15, 0.2) is 0 Å². The van der Waals surface area contributed by atoms with E-state index < -0.39 is 0 Å². The molecule has 0 saturated heterocycles. The first-order chi connectivity index (χ1) is 10.1. The highest BCUT2D eigenvalue weighted by Gasteiger charge is 2.11. The van der Waals surface area contributed by atoms with Crippen LogP contribution in [0.5, 0.6) is 0 Å². The fourth-order valence-corrected chi connectivity index (χ4v) is 2.80. The molecule has 0 aliphatic rings. The van der Waals surface area contributed by atoms with Crippen molar-refractivity contribution in [1.82, 2.24) is 5.32 Å². The van der Waals surface area contributed by atoms with E-state index in [1.54, 1.807) is 0 Å². The van der Waals surface area contributed by atoms with Crippen LogP contribution in [-0.2, 0) is 6.42 Å². The first-order valence-corrected chi connectivity index (χ1v) is 8.45. The lowest BCUT2D eigenvalue weighted by molar-refractivity contribution is 0.591. The molecule has 0 bridgehead atoms. The molecule has 2 aromatic carbocycles. The third-order valence-corrected chi connectivity index (χ3v) is 4.75. The third-order valence-electron chi connectivity index (χ3n) is 4.22. The Morgan fingerprint density at radius 3 is 2.05 bits per heavy atom. The van der Waals surface area contributed by atoms with Crippen LogP contribution >= 0.6 is 15.9 Å². The third kappa shape index (κ3) is 4.42. The molecule has 0 aliphatic heterocycles. The molecule has 0 spiro atoms. The van der Waals surface area contributed by atoms with Gasteiger partial charge in [-0.05, 0) is 54.6 Å². The molecule has 2 rings (SSSR count). The van der Waals surface area contributed by atoms with Crippen molar-refractivity contribution in [3.63, 3.8) is 0 Å². The van der Waals surface area contributed by atoms with Gasteiger partial charge in [-0.2, -0.15) is 0 Å². The van der Waals surface area contributed by atoms with Crippen LogP contribution in [0.25, 0.3) is 0 Å². The maximum Gasteiger partial charge on any atom is 0.0358 e. The molecule has 0 fully saturated rings. The SMILES string of the molecule is CCC(C)c1ccc(C(Cc2ccc(Br)cc2)NC)cc1. The van der Waals surface area contributed by atoms with Gasteiger partial charge in [0.05, 0.1) is 0 Å². The van der Waals surface area contributed by atoms with E-state index in [1.165, 1.54) is 23.1 Å². The van der Waals surface area contributed by atoms with E-state index in [4.69, 9.17) is 0 Å². The van der Waals surface area contributed by atoms with Gasteiger partial charge in [0, 0.05) is 10.5 Å². The number of halogens is 1. The Kier molecular flexibility index (Phi) is 6.01. The zero-order chi connectivity index (χ0) is 15.2. The van der Waals surface area contributed by atoms with E-state index in [0.717, 1.165) is 10.9 Å². The van der Waals surface area contributed by atoms with Gasteiger partial charge in [-0.25, -0.2) is 0 Å². The monoisotopic (exact) mass is 345 g/mol. The van der Waals surface area contributed by atoms with Crippen LogP contribution in [0.15, 0.2) is 53.0 Å². The highest BCUT2D eigenvalue weighted by Crippen LogP contribution is 2.23. The molecule has 112 valence electrons. The van der Waals surface area contributed by atoms with Gasteiger partial charge >= 0.3 is 0 Å². The number of rotatable bonds is 6. The first-order valence-electron chi connectivity index (χ1n) is 7.65. The normalized spacial score (nSPS) is 13.9. The van der Waals surface area contributed by atoms with Gasteiger partial charge in [0.25, 0.3) is 0 Å². The molecule has 0 amide bonds. The summed E-state index contributed by atoms with van der Waals surface area (Å²) in [4.78, 5) is 0. The molecule has 0 radical (unpaired) electrons. The Hall–Kier alpha value is -1.12. The van der Waals surface area contributed by atoms with Crippen LogP contribution in [0.1, 0.15) is 48.9 Å². The van der Waals surface area contributed by atoms with Crippen LogP contribution in [0.4, 0.5) is 0 Å². The second-order valence-electron chi connectivity index (χ2n) is 5.65. The summed E-state index contributed by atoms with van der Waals surface area (Å²) < 4.78 is 1.13. The number of likely N-dealkylation sites (N-methyl/N-ethyl adjacent to an activating group) is 1. The summed E-state index contributed by atoms with van der Waals surface area (Å²) in [5, 5.41) is 3.43. The van der Waals surface area contributed by atoms with Crippen molar-refractivity contribution in [2.75, 3.05) is 7.05 Å². The van der Waals surface area contributed by atoms with Crippen molar-refractivity contribution in [2.45, 2.75) is 38.6 Å². The Morgan fingerprint density at radius 2 is 1.52 bits per heavy atom. The predicted octanol–water partition coefficient (Wildman–Crippen LogP) is 5.47. The summed E-state index contributed by atoms with van der Waals surface area (Å²) in [5.74, 6) is 0.638. The molecule has 2 atom stereocenters. The summed E-state index contributed by atoms with van der Waals surface area (Å²) in [7, 11) is 2.03. The average Bonchev–Trinajstić information content (AvgIpc) is 2.54. The molecular formula is C19H24BrN. The summed E-state index contributed by atoms with van der Waals surface area (Å²) in [6.07, 6.45) is 2.19. The number of benzene rings is 2. The highest BCUT2D eigenvalue weighted by atomic mass is 79.9. The van der Waals surface area contributed by atoms with Gasteiger partial charge in [0.2, 0.25) is 0 Å². The predicted molar refractivity (Wildman–Crippen MR) is 94.8 cm³/mol. The Morgan fingerprint density at radius 1 is 0.952 bits per heavy atom. The van der Waals surface area contributed by atoms with E-state index in [1.807, 2.05) is 7.05 Å². The van der Waals surface area contributed by atoms with Crippen LogP contribution in [-0.4, -0.2) is 7.05 Å². The lowest BCUT2D eigenvalue weighted by Gasteiger charge is -2.18. The van der Waals surface area contributed by atoms with Crippen LogP contribution in [0.2, 0.25) is 0 Å². The summed E-state index contributed by atoms with van der Waals surface area (Å²) in [5.41, 5.74) is 4.13. The summed E-state index contributed by atoms with van der Waals surface area (Å²) in [6.45, 7) is 4.52. The van der Waals surface area contributed by atoms with Gasteiger partial charge in [-0.15, -0.1) is 0 Å². The standard InChI is InChI=1S/C19H24BrN/c1-4-14(2)16-7-9-17(10-8-16)19(21-3)13-15-5-11-18(20)12-6-15/h5-12,14,19,21H,4,13H2,1-3H3. The van der Waals surface area contributed by atoms with Gasteiger partial charge < -0.3 is 5.32 Å². The molecule has 21 heavy (non-hydrogen) atoms. The molecule has 0 heterocycles. The zero-order valence-electron chi connectivity index (χ0n) is 13.1. The number of nitrogens with one attached hydrogen (secondary N) is 1. The van der Waals surface area contributed by atoms with Crippen LogP contribution in [0, 0.1) is 0 Å². The fraction of sp³-hybridized carbons (Fsp3) is 0.368. The molecule has 0 aromatic heterocycles. The van der Waals surface area contributed by atoms with Crippen LogP contribution in [0.3, 0.4) is 0 Å². The van der Waals surface area contributed by atoms with Crippen molar-refractivity contribution >= 4 is 15.9 Å². The molecule has 2 unspecified atom stereocenters. The molecule has 0 aliphatic carbocycles. The van der Waals surface area contributed by atoms with E-state index in [-0.39, 0.29) is 0 Å². The quantitative estimate of drug-likeness (QED) is 0.732. The van der Waals surface area contributed by atoms with E-state index >= 15 is 0 Å². The molecular weight excluding hydrogens is 322 g/mol.